The SMILES string of the molecule is CNC(=O)COc1cc2cc(Nc3nc(N4CCC(OC5CC(N6CCN(c7ccc8c(n7)C(C)N(C7CCC(=O)NC7=O)C8=O)[C@@H](C)C6)C5)CC4)ncc3Cl)ccc2n(C(C)C)c1=O. The fourth-order valence-electron chi connectivity index (χ4n) is 9.96. The number of piperazine rings is 1. The molecule has 3 aromatic heterocycles. The molecule has 7 heterocycles. The lowest BCUT2D eigenvalue weighted by Gasteiger charge is -2.49. The fourth-order valence-corrected chi connectivity index (χ4v) is 10.1. The highest BCUT2D eigenvalue weighted by Gasteiger charge is 2.45. The second-order valence-corrected chi connectivity index (χ2v) is 18.5. The summed E-state index contributed by atoms with van der Waals surface area (Å²) in [7, 11) is 1.51. The standard InChI is InChI=1S/C46H56ClN11O7/c1-25(2)57-35-8-6-29(18-28(35)19-37(45(57)63)64-24-40(60)48-5)50-42-34(47)22-49-46(53-42)54-14-12-31(13-15-54)65-32-20-30(21-32)55-16-17-56(26(3)23-55)38-10-7-33-41(51-38)27(4)58(44(33)62)36-9-11-39(59)52-43(36)61/h6-8,10,18-19,22,25-27,30-32,36H,9,11-17,20-21,23-24H2,1-5H3,(H,48,60)(H,49,50,53)(H,52,59,61)/t26-,27?,30?,32?,36?/m0/s1. The third-order valence-corrected chi connectivity index (χ3v) is 13.8. The van der Waals surface area contributed by atoms with Gasteiger partial charge in [0, 0.05) is 75.4 Å². The molecule has 3 saturated heterocycles. The molecular formula is C46H56ClN11O7. The number of carbonyl (C=O) groups is 4. The maximum atomic E-state index is 13.4. The van der Waals surface area contributed by atoms with Gasteiger partial charge in [0.15, 0.2) is 18.2 Å². The summed E-state index contributed by atoms with van der Waals surface area (Å²) in [6.07, 6.45) is 6.26. The number of fused-ring (bicyclic) bond motifs is 2. The van der Waals surface area contributed by atoms with Crippen LogP contribution in [-0.2, 0) is 19.1 Å². The molecule has 1 aromatic carbocycles. The van der Waals surface area contributed by atoms with Gasteiger partial charge in [0.25, 0.3) is 17.4 Å². The molecule has 3 N–H and O–H groups in total. The Kier molecular flexibility index (Phi) is 12.4. The smallest absolute Gasteiger partial charge is 0.293 e. The van der Waals surface area contributed by atoms with Crippen molar-refractivity contribution in [1.29, 1.82) is 0 Å². The molecular weight excluding hydrogens is 854 g/mol. The number of nitrogens with one attached hydrogen (secondary N) is 3. The summed E-state index contributed by atoms with van der Waals surface area (Å²) in [6, 6.07) is 10.6. The summed E-state index contributed by atoms with van der Waals surface area (Å²) in [6.45, 7) is 11.8. The molecule has 2 unspecified atom stereocenters. The van der Waals surface area contributed by atoms with E-state index in [1.807, 2.05) is 51.1 Å². The summed E-state index contributed by atoms with van der Waals surface area (Å²) in [5.74, 6) is 0.703. The number of carbonyl (C=O) groups excluding carboxylic acids is 4. The Morgan fingerprint density at radius 2 is 1.75 bits per heavy atom. The van der Waals surface area contributed by atoms with Crippen molar-refractivity contribution >= 4 is 69.4 Å². The maximum absolute atomic E-state index is 13.4. The van der Waals surface area contributed by atoms with Gasteiger partial charge in [-0.15, -0.1) is 0 Å². The van der Waals surface area contributed by atoms with Crippen LogP contribution in [-0.4, -0.2) is 130 Å². The summed E-state index contributed by atoms with van der Waals surface area (Å²) < 4.78 is 13.9. The van der Waals surface area contributed by atoms with E-state index in [0.29, 0.717) is 46.2 Å². The topological polar surface area (TPSA) is 196 Å². The Hall–Kier alpha value is -5.85. The largest absolute Gasteiger partial charge is 0.478 e. The second kappa shape index (κ2) is 18.2. The number of ether oxygens (including phenoxy) is 2. The van der Waals surface area contributed by atoms with E-state index in [1.54, 1.807) is 21.7 Å². The number of aromatic nitrogens is 4. The van der Waals surface area contributed by atoms with Gasteiger partial charge in [0.1, 0.15) is 16.9 Å². The van der Waals surface area contributed by atoms with Crippen LogP contribution in [0.2, 0.25) is 5.02 Å². The molecule has 18 nitrogen and oxygen atoms in total. The van der Waals surface area contributed by atoms with Crippen LogP contribution in [0.25, 0.3) is 10.9 Å². The zero-order chi connectivity index (χ0) is 45.7. The number of halogens is 1. The zero-order valence-corrected chi connectivity index (χ0v) is 38.1. The number of rotatable bonds is 12. The molecule has 0 radical (unpaired) electrons. The van der Waals surface area contributed by atoms with E-state index in [9.17, 15) is 24.0 Å². The number of piperidine rings is 2. The minimum Gasteiger partial charge on any atom is -0.478 e. The predicted octanol–water partition coefficient (Wildman–Crippen LogP) is 4.34. The lowest BCUT2D eigenvalue weighted by molar-refractivity contribution is -0.137. The Labute approximate surface area is 382 Å². The van der Waals surface area contributed by atoms with Crippen molar-refractivity contribution in [2.45, 2.75) is 109 Å². The van der Waals surface area contributed by atoms with Gasteiger partial charge in [0.05, 0.1) is 41.2 Å². The molecule has 4 aliphatic heterocycles. The highest BCUT2D eigenvalue weighted by Crippen LogP contribution is 2.38. The number of likely N-dealkylation sites (N-methyl/N-ethyl adjacent to an activating group) is 1. The Bertz CT molecular complexity index is 2580. The van der Waals surface area contributed by atoms with Crippen molar-refractivity contribution < 1.29 is 28.7 Å². The van der Waals surface area contributed by atoms with E-state index in [0.717, 1.165) is 75.1 Å². The molecule has 9 rings (SSSR count). The van der Waals surface area contributed by atoms with Crippen LogP contribution in [0, 0.1) is 0 Å². The number of hydrogen-bond donors (Lipinski definition) is 3. The van der Waals surface area contributed by atoms with E-state index in [1.165, 1.54) is 7.05 Å². The molecule has 4 fully saturated rings. The van der Waals surface area contributed by atoms with E-state index in [4.69, 9.17) is 31.0 Å². The van der Waals surface area contributed by atoms with Crippen molar-refractivity contribution in [2.24, 2.45) is 0 Å². The van der Waals surface area contributed by atoms with Gasteiger partial charge in [-0.3, -0.25) is 34.2 Å². The Balaban J connectivity index is 0.754. The number of anilines is 4. The number of hydrogen-bond acceptors (Lipinski definition) is 14. The van der Waals surface area contributed by atoms with Crippen LogP contribution in [0.15, 0.2) is 47.4 Å². The van der Waals surface area contributed by atoms with Gasteiger partial charge >= 0.3 is 0 Å². The molecule has 1 aliphatic carbocycles. The molecule has 1 saturated carbocycles. The summed E-state index contributed by atoms with van der Waals surface area (Å²) in [5.41, 5.74) is 2.34. The van der Waals surface area contributed by atoms with Gasteiger partial charge < -0.3 is 39.4 Å². The first-order valence-corrected chi connectivity index (χ1v) is 23.0. The maximum Gasteiger partial charge on any atom is 0.293 e. The monoisotopic (exact) mass is 909 g/mol. The molecule has 3 atom stereocenters. The molecule has 4 amide bonds. The van der Waals surface area contributed by atoms with Crippen LogP contribution in [0.3, 0.4) is 0 Å². The molecule has 5 aliphatic rings. The van der Waals surface area contributed by atoms with Crippen LogP contribution >= 0.6 is 11.6 Å². The van der Waals surface area contributed by atoms with Crippen LogP contribution in [0.1, 0.15) is 94.4 Å². The van der Waals surface area contributed by atoms with Gasteiger partial charge in [-0.25, -0.2) is 9.97 Å². The van der Waals surface area contributed by atoms with Crippen LogP contribution in [0.5, 0.6) is 5.75 Å². The van der Waals surface area contributed by atoms with E-state index in [-0.39, 0.29) is 72.4 Å². The first-order valence-electron chi connectivity index (χ1n) is 22.7. The van der Waals surface area contributed by atoms with Crippen molar-refractivity contribution in [1.82, 2.24) is 40.0 Å². The zero-order valence-electron chi connectivity index (χ0n) is 37.4. The third kappa shape index (κ3) is 8.82. The van der Waals surface area contributed by atoms with Crippen LogP contribution in [0.4, 0.5) is 23.3 Å². The van der Waals surface area contributed by atoms with Crippen LogP contribution < -0.4 is 36.0 Å². The number of nitrogens with zero attached hydrogens (tertiary/aromatic N) is 8. The molecule has 0 spiro atoms. The first-order chi connectivity index (χ1) is 31.3. The lowest BCUT2D eigenvalue weighted by Crippen LogP contribution is -2.59. The summed E-state index contributed by atoms with van der Waals surface area (Å²) in [5, 5.41) is 9.35. The van der Waals surface area contributed by atoms with Gasteiger partial charge in [-0.2, -0.15) is 4.98 Å². The lowest BCUT2D eigenvalue weighted by atomic mass is 9.86. The van der Waals surface area contributed by atoms with E-state index < -0.39 is 11.9 Å². The number of imide groups is 1. The van der Waals surface area contributed by atoms with E-state index >= 15 is 0 Å². The fraction of sp³-hybridized carbons (Fsp3) is 0.522. The van der Waals surface area contributed by atoms with E-state index in [2.05, 4.69) is 42.6 Å². The second-order valence-electron chi connectivity index (χ2n) is 18.1. The van der Waals surface area contributed by atoms with Crippen molar-refractivity contribution in [3.8, 4) is 5.75 Å². The third-order valence-electron chi connectivity index (χ3n) is 13.5. The average molecular weight is 910 g/mol. The minimum atomic E-state index is -0.679. The molecule has 344 valence electrons. The summed E-state index contributed by atoms with van der Waals surface area (Å²) >= 11 is 6.61. The van der Waals surface area contributed by atoms with Gasteiger partial charge in [-0.1, -0.05) is 11.6 Å². The normalized spacial score (nSPS) is 24.0. The van der Waals surface area contributed by atoms with Crippen molar-refractivity contribution in [3.05, 3.63) is 69.2 Å². The number of benzene rings is 1. The summed E-state index contributed by atoms with van der Waals surface area (Å²) in [4.78, 5) is 85.9. The molecule has 65 heavy (non-hydrogen) atoms. The van der Waals surface area contributed by atoms with Gasteiger partial charge in [0.2, 0.25) is 17.8 Å². The highest BCUT2D eigenvalue weighted by molar-refractivity contribution is 6.33. The molecule has 0 bridgehead atoms. The van der Waals surface area contributed by atoms with Crippen molar-refractivity contribution in [2.75, 3.05) is 61.5 Å². The minimum absolute atomic E-state index is 0.0915. The highest BCUT2D eigenvalue weighted by atomic mass is 35.5. The van der Waals surface area contributed by atoms with Gasteiger partial charge in [-0.05, 0) is 96.2 Å². The number of amides is 4. The van der Waals surface area contributed by atoms with Crippen molar-refractivity contribution in [3.63, 3.8) is 0 Å². The molecule has 4 aromatic rings. The quantitative estimate of drug-likeness (QED) is 0.170. The average Bonchev–Trinajstić information content (AvgIpc) is 3.52. The Morgan fingerprint density at radius 3 is 2.48 bits per heavy atom. The predicted molar refractivity (Wildman–Crippen MR) is 245 cm³/mol. The Morgan fingerprint density at radius 1 is 0.969 bits per heavy atom. The first kappa shape index (κ1) is 44.4. The molecule has 19 heteroatoms. The number of pyridine rings is 2.